The molecular weight excluding hydrogens is 298 g/mol. The number of H-pyrrole nitrogens is 1. The van der Waals surface area contributed by atoms with Gasteiger partial charge in [0.05, 0.1) is 5.56 Å². The average molecular weight is 321 g/mol. The number of rotatable bonds is 4. The molecular formula is C16H23N3O4. The second kappa shape index (κ2) is 7.30. The monoisotopic (exact) mass is 321 g/mol. The molecule has 126 valence electrons. The summed E-state index contributed by atoms with van der Waals surface area (Å²) in [6.07, 6.45) is 3.81. The normalized spacial score (nSPS) is 18.3. The molecule has 0 aromatic carbocycles. The van der Waals surface area contributed by atoms with Crippen molar-refractivity contribution in [1.82, 2.24) is 14.8 Å². The molecule has 2 amide bonds. The van der Waals surface area contributed by atoms with Crippen LogP contribution in [0.15, 0.2) is 12.3 Å². The van der Waals surface area contributed by atoms with Gasteiger partial charge in [-0.15, -0.1) is 0 Å². The van der Waals surface area contributed by atoms with Crippen molar-refractivity contribution in [3.8, 4) is 0 Å². The minimum absolute atomic E-state index is 0.0167. The molecule has 7 nitrogen and oxygen atoms in total. The number of aromatic amines is 1. The minimum Gasteiger partial charge on any atom is -0.480 e. The first-order valence-electron chi connectivity index (χ1n) is 7.82. The van der Waals surface area contributed by atoms with Crippen LogP contribution < -0.4 is 0 Å². The van der Waals surface area contributed by atoms with Crippen molar-refractivity contribution in [3.63, 3.8) is 0 Å². The Morgan fingerprint density at radius 2 is 2.09 bits per heavy atom. The highest BCUT2D eigenvalue weighted by Gasteiger charge is 2.28. The molecule has 0 radical (unpaired) electrons. The molecule has 0 saturated carbocycles. The number of hydrogen-bond acceptors (Lipinski definition) is 3. The van der Waals surface area contributed by atoms with Crippen LogP contribution in [-0.2, 0) is 9.59 Å². The number of likely N-dealkylation sites (tertiary alicyclic amines) is 1. The van der Waals surface area contributed by atoms with Gasteiger partial charge in [-0.2, -0.15) is 0 Å². The number of amides is 2. The Morgan fingerprint density at radius 1 is 1.35 bits per heavy atom. The first-order chi connectivity index (χ1) is 10.9. The lowest BCUT2D eigenvalue weighted by atomic mass is 10.1. The molecule has 1 aromatic heterocycles. The number of aryl methyl sites for hydroxylation is 1. The smallest absolute Gasteiger partial charge is 0.323 e. The number of aliphatic carboxylic acids is 1. The van der Waals surface area contributed by atoms with Gasteiger partial charge in [-0.05, 0) is 32.3 Å². The first kappa shape index (κ1) is 17.1. The Balaban J connectivity index is 2.04. The molecule has 1 fully saturated rings. The third kappa shape index (κ3) is 4.12. The van der Waals surface area contributed by atoms with Crippen LogP contribution in [0.25, 0.3) is 0 Å². The maximum absolute atomic E-state index is 12.6. The first-order valence-corrected chi connectivity index (χ1v) is 7.82. The summed E-state index contributed by atoms with van der Waals surface area (Å²) in [4.78, 5) is 41.4. The van der Waals surface area contributed by atoms with Gasteiger partial charge in [0.25, 0.3) is 5.91 Å². The standard InChI is InChI=1S/C16H23N3O4/c1-11-14(5-7-17-11)16(23)18-8-3-4-13(6-9-18)19(12(2)20)10-15(21)22/h5,7,13,17H,3-4,6,8-10H2,1-2H3,(H,21,22)/t13-/m1/s1. The molecule has 1 atom stereocenters. The van der Waals surface area contributed by atoms with E-state index in [1.165, 1.54) is 11.8 Å². The quantitative estimate of drug-likeness (QED) is 0.873. The van der Waals surface area contributed by atoms with Crippen molar-refractivity contribution >= 4 is 17.8 Å². The van der Waals surface area contributed by atoms with Gasteiger partial charge in [0, 0.05) is 37.9 Å². The van der Waals surface area contributed by atoms with Gasteiger partial charge >= 0.3 is 5.97 Å². The molecule has 0 aliphatic carbocycles. The van der Waals surface area contributed by atoms with E-state index in [9.17, 15) is 14.4 Å². The van der Waals surface area contributed by atoms with Gasteiger partial charge < -0.3 is 19.9 Å². The number of aromatic nitrogens is 1. The largest absolute Gasteiger partial charge is 0.480 e. The summed E-state index contributed by atoms with van der Waals surface area (Å²) >= 11 is 0. The fourth-order valence-corrected chi connectivity index (χ4v) is 3.09. The van der Waals surface area contributed by atoms with Crippen LogP contribution >= 0.6 is 0 Å². The van der Waals surface area contributed by atoms with Crippen molar-refractivity contribution in [2.75, 3.05) is 19.6 Å². The third-order valence-electron chi connectivity index (χ3n) is 4.32. The van der Waals surface area contributed by atoms with Crippen molar-refractivity contribution in [2.45, 2.75) is 39.2 Å². The lowest BCUT2D eigenvalue weighted by Crippen LogP contribution is -2.43. The predicted octanol–water partition coefficient (Wildman–Crippen LogP) is 1.25. The number of carbonyl (C=O) groups excluding carboxylic acids is 2. The molecule has 1 aliphatic heterocycles. The average Bonchev–Trinajstić information content (AvgIpc) is 2.77. The number of carbonyl (C=O) groups is 3. The van der Waals surface area contributed by atoms with Gasteiger partial charge in [0.1, 0.15) is 6.54 Å². The molecule has 0 spiro atoms. The fourth-order valence-electron chi connectivity index (χ4n) is 3.09. The summed E-state index contributed by atoms with van der Waals surface area (Å²) in [5, 5.41) is 8.97. The zero-order valence-electron chi connectivity index (χ0n) is 13.5. The Labute approximate surface area is 135 Å². The van der Waals surface area contributed by atoms with E-state index in [0.29, 0.717) is 31.5 Å². The summed E-state index contributed by atoms with van der Waals surface area (Å²) in [6, 6.07) is 1.64. The fraction of sp³-hybridized carbons (Fsp3) is 0.562. The van der Waals surface area contributed by atoms with Crippen molar-refractivity contribution in [3.05, 3.63) is 23.5 Å². The van der Waals surface area contributed by atoms with Crippen molar-refractivity contribution in [1.29, 1.82) is 0 Å². The van der Waals surface area contributed by atoms with E-state index >= 15 is 0 Å². The van der Waals surface area contributed by atoms with Crippen LogP contribution in [-0.4, -0.2) is 63.4 Å². The van der Waals surface area contributed by atoms with E-state index in [-0.39, 0.29) is 24.4 Å². The molecule has 7 heteroatoms. The summed E-state index contributed by atoms with van der Waals surface area (Å²) in [6.45, 7) is 4.11. The highest BCUT2D eigenvalue weighted by molar-refractivity contribution is 5.95. The van der Waals surface area contributed by atoms with Gasteiger partial charge in [0.2, 0.25) is 5.91 Å². The maximum atomic E-state index is 12.6. The molecule has 2 heterocycles. The molecule has 0 unspecified atom stereocenters. The Kier molecular flexibility index (Phi) is 5.41. The van der Waals surface area contributed by atoms with E-state index in [1.807, 2.05) is 6.92 Å². The highest BCUT2D eigenvalue weighted by Crippen LogP contribution is 2.19. The number of carboxylic acids is 1. The number of nitrogens with one attached hydrogen (secondary N) is 1. The van der Waals surface area contributed by atoms with Crippen LogP contribution in [0, 0.1) is 6.92 Å². The number of nitrogens with zero attached hydrogens (tertiary/aromatic N) is 2. The third-order valence-corrected chi connectivity index (χ3v) is 4.32. The van der Waals surface area contributed by atoms with E-state index in [1.54, 1.807) is 17.2 Å². The SMILES string of the molecule is CC(=O)N(CC(=O)O)[C@@H]1CCCN(C(=O)c2cc[nH]c2C)CC1. The van der Waals surface area contributed by atoms with E-state index in [0.717, 1.165) is 12.1 Å². The maximum Gasteiger partial charge on any atom is 0.323 e. The number of hydrogen-bond donors (Lipinski definition) is 2. The number of carboxylic acid groups (broad SMARTS) is 1. The topological polar surface area (TPSA) is 93.7 Å². The van der Waals surface area contributed by atoms with Gasteiger partial charge in [-0.1, -0.05) is 0 Å². The van der Waals surface area contributed by atoms with Gasteiger partial charge in [-0.25, -0.2) is 0 Å². The Morgan fingerprint density at radius 3 is 2.65 bits per heavy atom. The second-order valence-electron chi connectivity index (χ2n) is 5.93. The van der Waals surface area contributed by atoms with E-state index < -0.39 is 5.97 Å². The van der Waals surface area contributed by atoms with Crippen LogP contribution in [0.4, 0.5) is 0 Å². The molecule has 2 rings (SSSR count). The minimum atomic E-state index is -1.01. The van der Waals surface area contributed by atoms with Gasteiger partial charge in [0.15, 0.2) is 0 Å². The lowest BCUT2D eigenvalue weighted by molar-refractivity contribution is -0.145. The van der Waals surface area contributed by atoms with Crippen molar-refractivity contribution in [2.24, 2.45) is 0 Å². The van der Waals surface area contributed by atoms with Crippen LogP contribution in [0.1, 0.15) is 42.2 Å². The summed E-state index contributed by atoms with van der Waals surface area (Å²) < 4.78 is 0. The zero-order chi connectivity index (χ0) is 17.0. The highest BCUT2D eigenvalue weighted by atomic mass is 16.4. The Bertz CT molecular complexity index is 596. The molecule has 23 heavy (non-hydrogen) atoms. The summed E-state index contributed by atoms with van der Waals surface area (Å²) in [5.41, 5.74) is 1.50. The second-order valence-corrected chi connectivity index (χ2v) is 5.93. The molecule has 1 aliphatic rings. The van der Waals surface area contributed by atoms with E-state index in [2.05, 4.69) is 4.98 Å². The molecule has 1 aromatic rings. The van der Waals surface area contributed by atoms with E-state index in [4.69, 9.17) is 5.11 Å². The lowest BCUT2D eigenvalue weighted by Gasteiger charge is -2.28. The van der Waals surface area contributed by atoms with Gasteiger partial charge in [-0.3, -0.25) is 14.4 Å². The van der Waals surface area contributed by atoms with Crippen LogP contribution in [0.5, 0.6) is 0 Å². The summed E-state index contributed by atoms with van der Waals surface area (Å²) in [7, 11) is 0. The molecule has 0 bridgehead atoms. The van der Waals surface area contributed by atoms with Crippen molar-refractivity contribution < 1.29 is 19.5 Å². The van der Waals surface area contributed by atoms with Crippen LogP contribution in [0.2, 0.25) is 0 Å². The predicted molar refractivity (Wildman–Crippen MR) is 84.1 cm³/mol. The van der Waals surface area contributed by atoms with Crippen LogP contribution in [0.3, 0.4) is 0 Å². The zero-order valence-corrected chi connectivity index (χ0v) is 13.5. The molecule has 1 saturated heterocycles. The summed E-state index contributed by atoms with van der Waals surface area (Å²) in [5.74, 6) is -1.27. The molecule has 2 N–H and O–H groups in total. The Hall–Kier alpha value is -2.31.